The lowest BCUT2D eigenvalue weighted by Crippen LogP contribution is -2.43. The van der Waals surface area contributed by atoms with Crippen LogP contribution in [0.3, 0.4) is 0 Å². The molecular formula is C11H25NO2. The maximum atomic E-state index is 6.07. The molecule has 0 saturated heterocycles. The molecule has 0 aliphatic heterocycles. The Kier molecular flexibility index (Phi) is 7.15. The monoisotopic (exact) mass is 203 g/mol. The van der Waals surface area contributed by atoms with E-state index in [0.717, 1.165) is 12.8 Å². The molecule has 0 saturated carbocycles. The van der Waals surface area contributed by atoms with Crippen LogP contribution in [0.2, 0.25) is 0 Å². The quantitative estimate of drug-likeness (QED) is 0.613. The Bertz CT molecular complexity index is 133. The van der Waals surface area contributed by atoms with E-state index in [9.17, 15) is 0 Å². The van der Waals surface area contributed by atoms with E-state index in [-0.39, 0.29) is 11.6 Å². The van der Waals surface area contributed by atoms with Gasteiger partial charge in [0.2, 0.25) is 0 Å². The van der Waals surface area contributed by atoms with Crippen LogP contribution in [0.5, 0.6) is 0 Å². The van der Waals surface area contributed by atoms with E-state index in [2.05, 4.69) is 13.8 Å². The van der Waals surface area contributed by atoms with Crippen molar-refractivity contribution in [1.29, 1.82) is 0 Å². The van der Waals surface area contributed by atoms with Crippen molar-refractivity contribution in [2.45, 2.75) is 52.2 Å². The first kappa shape index (κ1) is 13.9. The van der Waals surface area contributed by atoms with Gasteiger partial charge in [-0.25, -0.2) is 0 Å². The van der Waals surface area contributed by atoms with Gasteiger partial charge in [-0.05, 0) is 26.7 Å². The summed E-state index contributed by atoms with van der Waals surface area (Å²) in [5.74, 6) is 0. The Balaban J connectivity index is 3.43. The summed E-state index contributed by atoms with van der Waals surface area (Å²) in [7, 11) is 0. The van der Waals surface area contributed by atoms with Crippen molar-refractivity contribution in [3.63, 3.8) is 0 Å². The fourth-order valence-corrected chi connectivity index (χ4v) is 1.07. The van der Waals surface area contributed by atoms with Crippen molar-refractivity contribution in [1.82, 2.24) is 0 Å². The Labute approximate surface area is 88.0 Å². The summed E-state index contributed by atoms with van der Waals surface area (Å²) in [5.41, 5.74) is 5.92. The zero-order valence-electron chi connectivity index (χ0n) is 10.0. The summed E-state index contributed by atoms with van der Waals surface area (Å²) >= 11 is 0. The van der Waals surface area contributed by atoms with Gasteiger partial charge in [-0.1, -0.05) is 13.8 Å². The van der Waals surface area contributed by atoms with Crippen molar-refractivity contribution in [3.8, 4) is 0 Å². The molecule has 0 aromatic rings. The normalized spacial score (nSPS) is 12.4. The molecule has 3 heteroatoms. The number of nitrogens with two attached hydrogens (primary N) is 1. The minimum atomic E-state index is -0.155. The molecule has 86 valence electrons. The van der Waals surface area contributed by atoms with Crippen molar-refractivity contribution in [2.75, 3.05) is 19.8 Å². The molecule has 14 heavy (non-hydrogen) atoms. The number of rotatable bonds is 8. The number of hydrogen-bond acceptors (Lipinski definition) is 3. The van der Waals surface area contributed by atoms with Gasteiger partial charge in [0.1, 0.15) is 0 Å². The van der Waals surface area contributed by atoms with E-state index in [1.54, 1.807) is 0 Å². The molecule has 0 unspecified atom stereocenters. The van der Waals surface area contributed by atoms with Crippen LogP contribution in [-0.4, -0.2) is 31.5 Å². The summed E-state index contributed by atoms with van der Waals surface area (Å²) in [6.45, 7) is 10.1. The smallest absolute Gasteiger partial charge is 0.0703 e. The largest absolute Gasteiger partial charge is 0.377 e. The van der Waals surface area contributed by atoms with Crippen LogP contribution in [0.1, 0.15) is 40.5 Å². The van der Waals surface area contributed by atoms with Crippen LogP contribution in [0.15, 0.2) is 0 Å². The minimum Gasteiger partial charge on any atom is -0.377 e. The Morgan fingerprint density at radius 3 is 2.14 bits per heavy atom. The van der Waals surface area contributed by atoms with Crippen LogP contribution < -0.4 is 5.73 Å². The van der Waals surface area contributed by atoms with E-state index in [1.165, 1.54) is 0 Å². The van der Waals surface area contributed by atoms with Crippen molar-refractivity contribution >= 4 is 0 Å². The molecule has 0 spiro atoms. The fourth-order valence-electron chi connectivity index (χ4n) is 1.07. The number of ether oxygens (including phenoxy) is 2. The highest BCUT2D eigenvalue weighted by Gasteiger charge is 2.19. The van der Waals surface area contributed by atoms with E-state index < -0.39 is 0 Å². The van der Waals surface area contributed by atoms with Gasteiger partial charge in [0.25, 0.3) is 0 Å². The zero-order chi connectivity index (χ0) is 11.0. The van der Waals surface area contributed by atoms with Gasteiger partial charge in [0, 0.05) is 5.54 Å². The molecular weight excluding hydrogens is 178 g/mol. The summed E-state index contributed by atoms with van der Waals surface area (Å²) in [6.07, 6.45) is 2.18. The molecule has 0 aliphatic rings. The molecule has 3 nitrogen and oxygen atoms in total. The summed E-state index contributed by atoms with van der Waals surface area (Å²) in [6, 6.07) is 0. The second-order valence-electron chi connectivity index (χ2n) is 4.04. The van der Waals surface area contributed by atoms with Crippen molar-refractivity contribution in [2.24, 2.45) is 5.73 Å². The molecule has 2 N–H and O–H groups in total. The predicted molar refractivity (Wildman–Crippen MR) is 59.4 cm³/mol. The highest BCUT2D eigenvalue weighted by molar-refractivity contribution is 4.80. The summed E-state index contributed by atoms with van der Waals surface area (Å²) in [5, 5.41) is 0. The predicted octanol–water partition coefficient (Wildman–Crippen LogP) is 1.95. The second-order valence-corrected chi connectivity index (χ2v) is 4.04. The third kappa shape index (κ3) is 6.35. The Morgan fingerprint density at radius 1 is 1.14 bits per heavy atom. The summed E-state index contributed by atoms with van der Waals surface area (Å²) in [4.78, 5) is 0. The number of hydrogen-bond donors (Lipinski definition) is 1. The van der Waals surface area contributed by atoms with E-state index in [1.807, 2.05) is 13.8 Å². The first-order valence-electron chi connectivity index (χ1n) is 5.52. The SMILES string of the molecule is CCC(N)(CC)COCCOC(C)C. The maximum absolute atomic E-state index is 6.07. The van der Waals surface area contributed by atoms with Gasteiger partial charge in [-0.2, -0.15) is 0 Å². The van der Waals surface area contributed by atoms with E-state index in [4.69, 9.17) is 15.2 Å². The molecule has 0 aromatic heterocycles. The maximum Gasteiger partial charge on any atom is 0.0703 e. The average molecular weight is 203 g/mol. The molecule has 0 rings (SSSR count). The van der Waals surface area contributed by atoms with Crippen LogP contribution in [0, 0.1) is 0 Å². The van der Waals surface area contributed by atoms with Gasteiger partial charge >= 0.3 is 0 Å². The fraction of sp³-hybridized carbons (Fsp3) is 1.00. The lowest BCUT2D eigenvalue weighted by molar-refractivity contribution is 0.00436. The van der Waals surface area contributed by atoms with E-state index >= 15 is 0 Å². The first-order valence-corrected chi connectivity index (χ1v) is 5.52. The minimum absolute atomic E-state index is 0.155. The zero-order valence-corrected chi connectivity index (χ0v) is 10.0. The van der Waals surface area contributed by atoms with Gasteiger partial charge in [0.15, 0.2) is 0 Å². The lowest BCUT2D eigenvalue weighted by Gasteiger charge is -2.26. The third-order valence-corrected chi connectivity index (χ3v) is 2.48. The molecule has 0 fully saturated rings. The molecule has 0 aliphatic carbocycles. The topological polar surface area (TPSA) is 44.5 Å². The molecule has 0 heterocycles. The molecule has 0 radical (unpaired) electrons. The van der Waals surface area contributed by atoms with Crippen LogP contribution in [-0.2, 0) is 9.47 Å². The highest BCUT2D eigenvalue weighted by atomic mass is 16.5. The van der Waals surface area contributed by atoms with E-state index in [0.29, 0.717) is 19.8 Å². The summed E-state index contributed by atoms with van der Waals surface area (Å²) < 4.78 is 10.8. The van der Waals surface area contributed by atoms with Gasteiger partial charge in [0.05, 0.1) is 25.9 Å². The first-order chi connectivity index (χ1) is 6.54. The molecule has 0 bridgehead atoms. The van der Waals surface area contributed by atoms with Gasteiger partial charge < -0.3 is 15.2 Å². The Hall–Kier alpha value is -0.120. The van der Waals surface area contributed by atoms with Crippen LogP contribution in [0.4, 0.5) is 0 Å². The van der Waals surface area contributed by atoms with Crippen LogP contribution >= 0.6 is 0 Å². The molecule has 0 aromatic carbocycles. The average Bonchev–Trinajstić information content (AvgIpc) is 2.16. The standard InChI is InChI=1S/C11H25NO2/c1-5-11(12,6-2)9-13-7-8-14-10(3)4/h10H,5-9,12H2,1-4H3. The lowest BCUT2D eigenvalue weighted by atomic mass is 9.96. The molecule has 0 atom stereocenters. The van der Waals surface area contributed by atoms with Crippen molar-refractivity contribution < 1.29 is 9.47 Å². The van der Waals surface area contributed by atoms with Crippen molar-refractivity contribution in [3.05, 3.63) is 0 Å². The second kappa shape index (κ2) is 7.21. The highest BCUT2D eigenvalue weighted by Crippen LogP contribution is 2.11. The Morgan fingerprint density at radius 2 is 1.71 bits per heavy atom. The van der Waals surface area contributed by atoms with Gasteiger partial charge in [-0.15, -0.1) is 0 Å². The third-order valence-electron chi connectivity index (χ3n) is 2.48. The molecule has 0 amide bonds. The van der Waals surface area contributed by atoms with Gasteiger partial charge in [-0.3, -0.25) is 0 Å². The van der Waals surface area contributed by atoms with Crippen LogP contribution in [0.25, 0.3) is 0 Å².